The smallest absolute Gasteiger partial charge is 0.357 e. The van der Waals surface area contributed by atoms with E-state index in [1.165, 1.54) is 12.1 Å². The van der Waals surface area contributed by atoms with Crippen molar-refractivity contribution < 1.29 is 17.7 Å². The van der Waals surface area contributed by atoms with Crippen LogP contribution in [0.1, 0.15) is 0 Å². The number of nitrogens with two attached hydrogens (primary N) is 1. The molecule has 0 radical (unpaired) electrons. The Bertz CT molecular complexity index is 1380. The van der Waals surface area contributed by atoms with E-state index in [-0.39, 0.29) is 11.6 Å². The summed E-state index contributed by atoms with van der Waals surface area (Å²) in [6, 6.07) is 18.5. The molecular weight excluding hydrogens is 468 g/mol. The molecule has 0 bridgehead atoms. The molecule has 0 saturated carbocycles. The highest BCUT2D eigenvalue weighted by Crippen LogP contribution is 2.27. The summed E-state index contributed by atoms with van der Waals surface area (Å²) in [6.45, 7) is 0. The summed E-state index contributed by atoms with van der Waals surface area (Å²) in [7, 11) is -4.35. The number of hydrogen-bond acceptors (Lipinski definition) is 8. The second-order valence-electron chi connectivity index (χ2n) is 6.72. The molecule has 0 aliphatic heterocycles. The molecule has 33 heavy (non-hydrogen) atoms. The third kappa shape index (κ3) is 6.29. The minimum atomic E-state index is -4.35. The minimum absolute atomic E-state index is 0.0599. The van der Waals surface area contributed by atoms with Gasteiger partial charge in [-0.25, -0.2) is 9.97 Å². The predicted molar refractivity (Wildman–Crippen MR) is 126 cm³/mol. The number of anilines is 4. The van der Waals surface area contributed by atoms with Gasteiger partial charge in [0, 0.05) is 29.6 Å². The molecular formula is C21H17ClN6O4S. The van der Waals surface area contributed by atoms with E-state index in [9.17, 15) is 8.42 Å². The van der Waals surface area contributed by atoms with Gasteiger partial charge in [0.2, 0.25) is 5.95 Å². The lowest BCUT2D eigenvalue weighted by Gasteiger charge is -2.10. The number of aromatic nitrogens is 3. The van der Waals surface area contributed by atoms with Gasteiger partial charge >= 0.3 is 10.3 Å². The number of benzene rings is 2. The molecule has 0 amide bonds. The topological polar surface area (TPSA) is 152 Å². The quantitative estimate of drug-likeness (QED) is 0.219. The van der Waals surface area contributed by atoms with E-state index in [0.29, 0.717) is 33.7 Å². The average molecular weight is 485 g/mol. The van der Waals surface area contributed by atoms with Crippen molar-refractivity contribution in [1.82, 2.24) is 15.0 Å². The van der Waals surface area contributed by atoms with Crippen molar-refractivity contribution in [3.63, 3.8) is 0 Å². The Morgan fingerprint density at radius 3 is 2.27 bits per heavy atom. The van der Waals surface area contributed by atoms with Gasteiger partial charge in [0.1, 0.15) is 22.5 Å². The van der Waals surface area contributed by atoms with Gasteiger partial charge < -0.3 is 15.8 Å². The molecule has 10 nitrogen and oxygen atoms in total. The zero-order valence-electron chi connectivity index (χ0n) is 16.8. The second kappa shape index (κ2) is 9.28. The standard InChI is InChI=1S/C21H17ClN6O4S/c22-19-11-17(9-10-24-19)32-16-7-5-14(6-8-16)25-20-12-18(26-21(23)27-20)13-1-3-15(4-2-13)28-33(29,30)31/h1-12,28H,(H,29,30,31)(H3,23,25,26,27). The first-order chi connectivity index (χ1) is 15.7. The van der Waals surface area contributed by atoms with Gasteiger partial charge in [-0.1, -0.05) is 23.7 Å². The number of nitrogens with one attached hydrogen (secondary N) is 2. The van der Waals surface area contributed by atoms with Crippen LogP contribution in [-0.4, -0.2) is 27.9 Å². The number of hydrogen-bond donors (Lipinski definition) is 4. The first kappa shape index (κ1) is 22.3. The van der Waals surface area contributed by atoms with E-state index >= 15 is 0 Å². The van der Waals surface area contributed by atoms with Gasteiger partial charge in [-0.15, -0.1) is 0 Å². The average Bonchev–Trinajstić information content (AvgIpc) is 2.74. The van der Waals surface area contributed by atoms with Gasteiger partial charge in [0.05, 0.1) is 11.4 Å². The lowest BCUT2D eigenvalue weighted by molar-refractivity contribution is 0.482. The van der Waals surface area contributed by atoms with Crippen LogP contribution < -0.4 is 20.5 Å². The molecule has 0 unspecified atom stereocenters. The fourth-order valence-electron chi connectivity index (χ4n) is 2.87. The molecule has 0 aliphatic carbocycles. The van der Waals surface area contributed by atoms with Crippen molar-refractivity contribution in [2.45, 2.75) is 0 Å². The summed E-state index contributed by atoms with van der Waals surface area (Å²) < 4.78 is 38.4. The first-order valence-corrected chi connectivity index (χ1v) is 11.2. The van der Waals surface area contributed by atoms with E-state index in [1.807, 2.05) is 16.9 Å². The molecule has 2 aromatic carbocycles. The molecule has 4 rings (SSSR count). The van der Waals surface area contributed by atoms with E-state index in [2.05, 4.69) is 20.3 Å². The molecule has 12 heteroatoms. The van der Waals surface area contributed by atoms with Crippen molar-refractivity contribution in [2.24, 2.45) is 0 Å². The second-order valence-corrected chi connectivity index (χ2v) is 8.26. The van der Waals surface area contributed by atoms with E-state index < -0.39 is 10.3 Å². The van der Waals surface area contributed by atoms with Crippen LogP contribution in [0.5, 0.6) is 11.5 Å². The zero-order valence-corrected chi connectivity index (χ0v) is 18.4. The fraction of sp³-hybridized carbons (Fsp3) is 0. The Morgan fingerprint density at radius 2 is 1.61 bits per heavy atom. The molecule has 0 aliphatic rings. The number of pyridine rings is 1. The predicted octanol–water partition coefficient (Wildman–Crippen LogP) is 4.52. The number of nitrogens with zero attached hydrogens (tertiary/aromatic N) is 3. The maximum Gasteiger partial charge on any atom is 0.357 e. The van der Waals surface area contributed by atoms with Crippen molar-refractivity contribution in [2.75, 3.05) is 15.8 Å². The third-order valence-electron chi connectivity index (χ3n) is 4.23. The Balaban J connectivity index is 1.49. The monoisotopic (exact) mass is 484 g/mol. The van der Waals surface area contributed by atoms with Crippen LogP contribution in [0.25, 0.3) is 11.3 Å². The number of halogens is 1. The molecule has 2 aromatic heterocycles. The van der Waals surface area contributed by atoms with Gasteiger partial charge in [0.15, 0.2) is 0 Å². The Hall–Kier alpha value is -3.93. The van der Waals surface area contributed by atoms with Crippen molar-refractivity contribution in [3.05, 3.63) is 78.1 Å². The Labute approximate surface area is 194 Å². The summed E-state index contributed by atoms with van der Waals surface area (Å²) in [5.41, 5.74) is 8.01. The minimum Gasteiger partial charge on any atom is -0.457 e. The highest BCUT2D eigenvalue weighted by molar-refractivity contribution is 7.87. The Kier molecular flexibility index (Phi) is 6.27. The molecule has 4 aromatic rings. The van der Waals surface area contributed by atoms with Gasteiger partial charge in [-0.3, -0.25) is 9.27 Å². The van der Waals surface area contributed by atoms with Crippen LogP contribution >= 0.6 is 11.6 Å². The normalized spacial score (nSPS) is 11.1. The van der Waals surface area contributed by atoms with Gasteiger partial charge in [-0.2, -0.15) is 13.4 Å². The van der Waals surface area contributed by atoms with E-state index in [0.717, 1.165) is 5.69 Å². The lowest BCUT2D eigenvalue weighted by Crippen LogP contribution is -2.10. The highest BCUT2D eigenvalue weighted by Gasteiger charge is 2.08. The summed E-state index contributed by atoms with van der Waals surface area (Å²) in [4.78, 5) is 12.3. The molecule has 0 fully saturated rings. The van der Waals surface area contributed by atoms with Crippen LogP contribution in [0.15, 0.2) is 72.9 Å². The van der Waals surface area contributed by atoms with E-state index in [1.54, 1.807) is 48.7 Å². The van der Waals surface area contributed by atoms with Crippen LogP contribution in [-0.2, 0) is 10.3 Å². The fourth-order valence-corrected chi connectivity index (χ4v) is 3.47. The summed E-state index contributed by atoms with van der Waals surface area (Å²) >= 11 is 5.87. The molecule has 0 spiro atoms. The van der Waals surface area contributed by atoms with Gasteiger partial charge in [0.25, 0.3) is 0 Å². The van der Waals surface area contributed by atoms with Crippen molar-refractivity contribution in [1.29, 1.82) is 0 Å². The van der Waals surface area contributed by atoms with E-state index in [4.69, 9.17) is 26.6 Å². The van der Waals surface area contributed by atoms with Crippen LogP contribution in [0, 0.1) is 0 Å². The SMILES string of the molecule is Nc1nc(Nc2ccc(Oc3ccnc(Cl)c3)cc2)cc(-c2ccc(NS(=O)(=O)O)cc2)n1. The van der Waals surface area contributed by atoms with Crippen LogP contribution in [0.3, 0.4) is 0 Å². The summed E-state index contributed by atoms with van der Waals surface area (Å²) in [5.74, 6) is 1.71. The van der Waals surface area contributed by atoms with Crippen molar-refractivity contribution in [3.8, 4) is 22.8 Å². The molecule has 5 N–H and O–H groups in total. The first-order valence-electron chi connectivity index (χ1n) is 9.40. The number of nitrogen functional groups attached to an aromatic ring is 1. The zero-order chi connectivity index (χ0) is 23.4. The summed E-state index contributed by atoms with van der Waals surface area (Å²) in [6.07, 6.45) is 1.56. The number of ether oxygens (including phenoxy) is 1. The van der Waals surface area contributed by atoms with Crippen molar-refractivity contribution >= 4 is 45.0 Å². The highest BCUT2D eigenvalue weighted by atomic mass is 35.5. The van der Waals surface area contributed by atoms with Crippen LogP contribution in [0.4, 0.5) is 23.1 Å². The maximum absolute atomic E-state index is 10.9. The molecule has 0 atom stereocenters. The van der Waals surface area contributed by atoms with Crippen LogP contribution in [0.2, 0.25) is 5.15 Å². The Morgan fingerprint density at radius 1 is 0.909 bits per heavy atom. The number of rotatable bonds is 7. The third-order valence-corrected chi connectivity index (χ3v) is 4.93. The molecule has 2 heterocycles. The van der Waals surface area contributed by atoms with Gasteiger partial charge in [-0.05, 0) is 42.5 Å². The molecule has 0 saturated heterocycles. The lowest BCUT2D eigenvalue weighted by atomic mass is 10.1. The maximum atomic E-state index is 10.9. The molecule has 168 valence electrons. The summed E-state index contributed by atoms with van der Waals surface area (Å²) in [5, 5.41) is 3.50. The largest absolute Gasteiger partial charge is 0.457 e.